The third kappa shape index (κ3) is 3.87. The van der Waals surface area contributed by atoms with Crippen molar-refractivity contribution in [2.45, 2.75) is 52.4 Å². The highest BCUT2D eigenvalue weighted by atomic mass is 79.9. The summed E-state index contributed by atoms with van der Waals surface area (Å²) in [6, 6.07) is 3.64. The summed E-state index contributed by atoms with van der Waals surface area (Å²) in [6.07, 6.45) is 1.80. The first kappa shape index (κ1) is 20.2. The summed E-state index contributed by atoms with van der Waals surface area (Å²) in [5, 5.41) is 10.8. The Bertz CT molecular complexity index is 802. The predicted molar refractivity (Wildman–Crippen MR) is 110 cm³/mol. The Morgan fingerprint density at radius 3 is 1.76 bits per heavy atom. The van der Waals surface area contributed by atoms with E-state index >= 15 is 0 Å². The number of aromatic nitrogens is 1. The van der Waals surface area contributed by atoms with Gasteiger partial charge < -0.3 is 9.67 Å². The van der Waals surface area contributed by atoms with Crippen molar-refractivity contribution in [1.29, 1.82) is 0 Å². The largest absolute Gasteiger partial charge is 0.507 e. The number of hydrogen-bond donors (Lipinski definition) is 1. The van der Waals surface area contributed by atoms with Crippen LogP contribution >= 0.6 is 31.9 Å². The molecule has 0 fully saturated rings. The van der Waals surface area contributed by atoms with Crippen LogP contribution in [0.5, 0.6) is 5.75 Å². The number of benzene rings is 1. The number of hydrogen-bond acceptors (Lipinski definition) is 2. The molecule has 1 aromatic heterocycles. The summed E-state index contributed by atoms with van der Waals surface area (Å²) in [5.41, 5.74) is 2.22. The highest BCUT2D eigenvalue weighted by Gasteiger charge is 2.29. The van der Waals surface area contributed by atoms with E-state index < -0.39 is 0 Å². The topological polar surface area (TPSA) is 42.2 Å². The maximum absolute atomic E-state index is 13.2. The number of carbonyl (C=O) groups excluding carboxylic acids is 1. The molecule has 1 heterocycles. The van der Waals surface area contributed by atoms with Gasteiger partial charge in [0.15, 0.2) is 5.78 Å². The maximum Gasteiger partial charge on any atom is 0.195 e. The number of carbonyl (C=O) groups is 1. The van der Waals surface area contributed by atoms with E-state index in [-0.39, 0.29) is 22.4 Å². The van der Waals surface area contributed by atoms with E-state index in [9.17, 15) is 9.90 Å². The second-order valence-electron chi connectivity index (χ2n) is 8.51. The van der Waals surface area contributed by atoms with Gasteiger partial charge in [0.1, 0.15) is 5.75 Å². The van der Waals surface area contributed by atoms with Crippen molar-refractivity contribution in [2.24, 2.45) is 7.05 Å². The zero-order chi connectivity index (χ0) is 19.3. The molecule has 136 valence electrons. The van der Waals surface area contributed by atoms with E-state index in [1.807, 2.05) is 65.3 Å². The number of ketones is 1. The van der Waals surface area contributed by atoms with Crippen molar-refractivity contribution in [2.75, 3.05) is 0 Å². The first-order valence-corrected chi connectivity index (χ1v) is 9.76. The van der Waals surface area contributed by atoms with E-state index in [1.165, 1.54) is 0 Å². The molecule has 0 aliphatic carbocycles. The summed E-state index contributed by atoms with van der Waals surface area (Å²) in [5.74, 6) is 0.217. The van der Waals surface area contributed by atoms with Gasteiger partial charge in [0.2, 0.25) is 0 Å². The van der Waals surface area contributed by atoms with Crippen LogP contribution in [0.1, 0.15) is 68.6 Å². The molecular formula is C20H25Br2NO2. The van der Waals surface area contributed by atoms with Crippen LogP contribution in [-0.2, 0) is 17.9 Å². The molecule has 2 aromatic rings. The second kappa shape index (κ2) is 6.58. The minimum absolute atomic E-state index is 0.0656. The zero-order valence-corrected chi connectivity index (χ0v) is 19.0. The molecule has 0 atom stereocenters. The van der Waals surface area contributed by atoms with Crippen LogP contribution in [0.15, 0.2) is 27.4 Å². The van der Waals surface area contributed by atoms with E-state index in [4.69, 9.17) is 0 Å². The number of nitrogens with zero attached hydrogens (tertiary/aromatic N) is 1. The van der Waals surface area contributed by atoms with Gasteiger partial charge in [-0.1, -0.05) is 41.5 Å². The molecule has 0 amide bonds. The molecule has 0 spiro atoms. The Morgan fingerprint density at radius 1 is 1.00 bits per heavy atom. The fourth-order valence-corrected chi connectivity index (χ4v) is 3.67. The molecule has 5 heteroatoms. The van der Waals surface area contributed by atoms with Crippen LogP contribution in [0.25, 0.3) is 0 Å². The van der Waals surface area contributed by atoms with E-state index in [2.05, 4.69) is 31.9 Å². The van der Waals surface area contributed by atoms with Crippen molar-refractivity contribution in [3.05, 3.63) is 49.7 Å². The fraction of sp³-hybridized carbons (Fsp3) is 0.450. The maximum atomic E-state index is 13.2. The Hall–Kier alpha value is -1.07. The lowest BCUT2D eigenvalue weighted by atomic mass is 9.78. The Labute approximate surface area is 166 Å². The Morgan fingerprint density at radius 2 is 1.44 bits per heavy atom. The first-order chi connectivity index (χ1) is 11.2. The molecule has 0 saturated carbocycles. The van der Waals surface area contributed by atoms with Crippen LogP contribution < -0.4 is 0 Å². The van der Waals surface area contributed by atoms with Gasteiger partial charge in [-0.25, -0.2) is 0 Å². The summed E-state index contributed by atoms with van der Waals surface area (Å²) < 4.78 is 3.41. The summed E-state index contributed by atoms with van der Waals surface area (Å²) in [7, 11) is 1.88. The third-order valence-corrected chi connectivity index (χ3v) is 6.57. The standard InChI is InChI=1S/C20H25Br2NO2/c1-19(2,3)13-8-11(9-14(17(13)25)20(4,5)6)16(24)12-10-23(7)18(22)15(12)21/h8-10,25H,1-7H3. The number of halogens is 2. The minimum Gasteiger partial charge on any atom is -0.507 e. The molecule has 0 aliphatic rings. The average Bonchev–Trinajstić information content (AvgIpc) is 2.72. The second-order valence-corrected chi connectivity index (χ2v) is 10.1. The van der Waals surface area contributed by atoms with Crippen LogP contribution in [0, 0.1) is 0 Å². The molecule has 2 rings (SSSR count). The Kier molecular flexibility index (Phi) is 5.33. The van der Waals surface area contributed by atoms with E-state index in [1.54, 1.807) is 6.20 Å². The van der Waals surface area contributed by atoms with Crippen molar-refractivity contribution in [1.82, 2.24) is 4.57 Å². The van der Waals surface area contributed by atoms with Crippen LogP contribution in [0.3, 0.4) is 0 Å². The summed E-state index contributed by atoms with van der Waals surface area (Å²) in [6.45, 7) is 12.2. The number of aryl methyl sites for hydroxylation is 1. The normalized spacial score (nSPS) is 12.5. The fourth-order valence-electron chi connectivity index (χ4n) is 2.80. The minimum atomic E-state index is -0.269. The highest BCUT2D eigenvalue weighted by molar-refractivity contribution is 9.13. The molecule has 0 radical (unpaired) electrons. The lowest BCUT2D eigenvalue weighted by Crippen LogP contribution is -2.19. The average molecular weight is 471 g/mol. The van der Waals surface area contributed by atoms with Gasteiger partial charge in [0.05, 0.1) is 14.6 Å². The monoisotopic (exact) mass is 469 g/mol. The highest BCUT2D eigenvalue weighted by Crippen LogP contribution is 2.40. The van der Waals surface area contributed by atoms with Gasteiger partial charge in [-0.05, 0) is 54.8 Å². The molecule has 1 aromatic carbocycles. The van der Waals surface area contributed by atoms with Crippen LogP contribution in [0.4, 0.5) is 0 Å². The molecule has 25 heavy (non-hydrogen) atoms. The van der Waals surface area contributed by atoms with Gasteiger partial charge >= 0.3 is 0 Å². The molecule has 1 N–H and O–H groups in total. The van der Waals surface area contributed by atoms with Gasteiger partial charge in [0.25, 0.3) is 0 Å². The van der Waals surface area contributed by atoms with Crippen molar-refractivity contribution < 1.29 is 9.90 Å². The number of phenols is 1. The van der Waals surface area contributed by atoms with Gasteiger partial charge in [-0.15, -0.1) is 0 Å². The molecule has 0 saturated heterocycles. The predicted octanol–water partition coefficient (Wildman–Crippen LogP) is 6.08. The van der Waals surface area contributed by atoms with Crippen molar-refractivity contribution in [3.8, 4) is 5.75 Å². The van der Waals surface area contributed by atoms with Crippen molar-refractivity contribution in [3.63, 3.8) is 0 Å². The molecular weight excluding hydrogens is 446 g/mol. The van der Waals surface area contributed by atoms with Crippen molar-refractivity contribution >= 4 is 37.6 Å². The molecule has 0 bridgehead atoms. The number of phenolic OH excluding ortho intramolecular Hbond substituents is 1. The Balaban J connectivity index is 2.73. The zero-order valence-electron chi connectivity index (χ0n) is 15.8. The number of aromatic hydroxyl groups is 1. The SMILES string of the molecule is Cn1cc(C(=O)c2cc(C(C)(C)C)c(O)c(C(C)(C)C)c2)c(Br)c1Br. The molecule has 0 aliphatic heterocycles. The quantitative estimate of drug-likeness (QED) is 0.540. The molecule has 0 unspecified atom stereocenters. The summed E-state index contributed by atoms with van der Waals surface area (Å²) >= 11 is 6.96. The van der Waals surface area contributed by atoms with Gasteiger partial charge in [-0.2, -0.15) is 0 Å². The summed E-state index contributed by atoms with van der Waals surface area (Å²) in [4.78, 5) is 13.2. The lowest BCUT2D eigenvalue weighted by Gasteiger charge is -2.28. The molecule has 3 nitrogen and oxygen atoms in total. The number of rotatable bonds is 2. The first-order valence-electron chi connectivity index (χ1n) is 8.18. The van der Waals surface area contributed by atoms with E-state index in [0.29, 0.717) is 11.1 Å². The smallest absolute Gasteiger partial charge is 0.195 e. The lowest BCUT2D eigenvalue weighted by molar-refractivity contribution is 0.103. The third-order valence-electron chi connectivity index (χ3n) is 4.28. The van der Waals surface area contributed by atoms with Gasteiger partial charge in [-0.3, -0.25) is 4.79 Å². The van der Waals surface area contributed by atoms with Crippen LogP contribution in [-0.4, -0.2) is 15.5 Å². The van der Waals surface area contributed by atoms with Crippen LogP contribution in [0.2, 0.25) is 0 Å². The van der Waals surface area contributed by atoms with E-state index in [0.717, 1.165) is 20.2 Å². The van der Waals surface area contributed by atoms with Gasteiger partial charge in [0, 0.05) is 29.9 Å².